The molecule has 1 aliphatic rings. The highest BCUT2D eigenvalue weighted by Crippen LogP contribution is 2.40. The van der Waals surface area contributed by atoms with Gasteiger partial charge in [-0.05, 0) is 105 Å². The lowest BCUT2D eigenvalue weighted by atomic mass is 9.69. The van der Waals surface area contributed by atoms with Gasteiger partial charge in [-0.2, -0.15) is 0 Å². The quantitative estimate of drug-likeness (QED) is 0.150. The van der Waals surface area contributed by atoms with E-state index in [1.54, 1.807) is 18.0 Å². The van der Waals surface area contributed by atoms with Crippen LogP contribution in [0, 0.1) is 19.8 Å². The number of ether oxygens (including phenoxy) is 1. The van der Waals surface area contributed by atoms with Crippen LogP contribution >= 0.6 is 0 Å². The molecule has 246 valence electrons. The molecule has 5 nitrogen and oxygen atoms in total. The molecule has 4 aromatic carbocycles. The van der Waals surface area contributed by atoms with Crippen LogP contribution in [0.25, 0.3) is 0 Å². The molecule has 0 spiro atoms. The smallest absolute Gasteiger partial charge is 0.254 e. The van der Waals surface area contributed by atoms with Crippen LogP contribution in [-0.2, 0) is 16.6 Å². The largest absolute Gasteiger partial charge is 0.393 e. The maximum Gasteiger partial charge on any atom is 0.254 e. The molecule has 1 aliphatic heterocycles. The lowest BCUT2D eigenvalue weighted by molar-refractivity contribution is 0.0314. The first kappa shape index (κ1) is 34.3. The van der Waals surface area contributed by atoms with Crippen molar-refractivity contribution in [2.24, 2.45) is 5.92 Å². The van der Waals surface area contributed by atoms with E-state index in [1.165, 1.54) is 11.1 Å². The van der Waals surface area contributed by atoms with Gasteiger partial charge in [0.25, 0.3) is 5.91 Å². The van der Waals surface area contributed by atoms with Crippen molar-refractivity contribution in [2.75, 3.05) is 20.3 Å². The Morgan fingerprint density at radius 3 is 2.17 bits per heavy atom. The standard InChI is InChI=1S/C42H49NO4/c1-30-12-11-17-38(26-30)42(20-22-47-23-21-42)19-18-39(44)36(27-33-13-7-5-8-14-33)29-40(45)35-24-31(2)25-37(28-35)41(46)43(4)32(3)34-15-9-6-10-16-34/h5-17,24-26,28,32,36,39,44H,18-23,27,29H2,1-4H3/t32-,36-,39-/m1/s1. The average molecular weight is 632 g/mol. The van der Waals surface area contributed by atoms with Gasteiger partial charge in [0.1, 0.15) is 0 Å². The summed E-state index contributed by atoms with van der Waals surface area (Å²) in [5, 5.41) is 11.8. The molecule has 1 saturated heterocycles. The Labute approximate surface area is 280 Å². The van der Waals surface area contributed by atoms with Gasteiger partial charge in [0.2, 0.25) is 0 Å². The fourth-order valence-electron chi connectivity index (χ4n) is 7.10. The van der Waals surface area contributed by atoms with Gasteiger partial charge < -0.3 is 14.7 Å². The Morgan fingerprint density at radius 1 is 0.830 bits per heavy atom. The molecule has 0 bridgehead atoms. The average Bonchev–Trinajstić information content (AvgIpc) is 3.10. The molecule has 1 N–H and O–H groups in total. The van der Waals surface area contributed by atoms with Crippen LogP contribution in [0.4, 0.5) is 0 Å². The minimum Gasteiger partial charge on any atom is -0.393 e. The van der Waals surface area contributed by atoms with Gasteiger partial charge in [-0.25, -0.2) is 0 Å². The van der Waals surface area contributed by atoms with Crippen LogP contribution < -0.4 is 0 Å². The van der Waals surface area contributed by atoms with E-state index in [1.807, 2.05) is 74.5 Å². The Morgan fingerprint density at radius 2 is 1.49 bits per heavy atom. The number of ketones is 1. The molecule has 5 heteroatoms. The van der Waals surface area contributed by atoms with Gasteiger partial charge in [-0.15, -0.1) is 0 Å². The van der Waals surface area contributed by atoms with E-state index >= 15 is 0 Å². The molecule has 0 radical (unpaired) electrons. The molecule has 1 fully saturated rings. The van der Waals surface area contributed by atoms with Crippen LogP contribution in [0.2, 0.25) is 0 Å². The number of hydrogen-bond acceptors (Lipinski definition) is 4. The molecular weight excluding hydrogens is 582 g/mol. The Kier molecular flexibility index (Phi) is 11.4. The highest BCUT2D eigenvalue weighted by molar-refractivity contribution is 6.01. The number of Topliss-reactive ketones (excluding diaryl/α,β-unsaturated/α-hetero) is 1. The zero-order valence-corrected chi connectivity index (χ0v) is 28.3. The number of aryl methyl sites for hydroxylation is 2. The third kappa shape index (κ3) is 8.65. The van der Waals surface area contributed by atoms with Crippen LogP contribution in [0.5, 0.6) is 0 Å². The minimum atomic E-state index is -0.660. The van der Waals surface area contributed by atoms with Gasteiger partial charge in [0.05, 0.1) is 12.1 Å². The first-order valence-electron chi connectivity index (χ1n) is 17.0. The molecule has 47 heavy (non-hydrogen) atoms. The third-order valence-electron chi connectivity index (χ3n) is 10.2. The van der Waals surface area contributed by atoms with E-state index < -0.39 is 6.10 Å². The SMILES string of the molecule is Cc1cc(C(=O)C[C@@H](Cc2ccccc2)[C@H](O)CCC2(c3cccc(C)c3)CCOCC2)cc(C(=O)N(C)[C@H](C)c2ccccc2)c1. The zero-order chi connectivity index (χ0) is 33.4. The molecule has 5 rings (SSSR count). The lowest BCUT2D eigenvalue weighted by Crippen LogP contribution is -2.36. The number of amides is 1. The number of carbonyl (C=O) groups excluding carboxylic acids is 2. The van der Waals surface area contributed by atoms with Crippen molar-refractivity contribution >= 4 is 11.7 Å². The summed E-state index contributed by atoms with van der Waals surface area (Å²) in [4.78, 5) is 29.3. The van der Waals surface area contributed by atoms with E-state index in [9.17, 15) is 14.7 Å². The fraction of sp³-hybridized carbons (Fsp3) is 0.381. The van der Waals surface area contributed by atoms with Crippen molar-refractivity contribution in [2.45, 2.75) is 76.9 Å². The second kappa shape index (κ2) is 15.7. The van der Waals surface area contributed by atoms with Gasteiger partial charge in [-0.1, -0.05) is 90.5 Å². The second-order valence-corrected chi connectivity index (χ2v) is 13.5. The lowest BCUT2D eigenvalue weighted by Gasteiger charge is -2.39. The maximum atomic E-state index is 14.0. The van der Waals surface area contributed by atoms with Crippen molar-refractivity contribution in [3.05, 3.63) is 142 Å². The molecule has 4 aromatic rings. The molecular formula is C42H49NO4. The van der Waals surface area contributed by atoms with E-state index in [0.29, 0.717) is 37.2 Å². The number of hydrogen-bond donors (Lipinski definition) is 1. The Hall–Kier alpha value is -4.06. The topological polar surface area (TPSA) is 66.8 Å². The first-order chi connectivity index (χ1) is 22.6. The second-order valence-electron chi connectivity index (χ2n) is 13.5. The monoisotopic (exact) mass is 631 g/mol. The number of rotatable bonds is 13. The van der Waals surface area contributed by atoms with Crippen LogP contribution in [0.1, 0.15) is 93.6 Å². The minimum absolute atomic E-state index is 0.0543. The predicted molar refractivity (Wildman–Crippen MR) is 189 cm³/mol. The summed E-state index contributed by atoms with van der Waals surface area (Å²) in [5.41, 5.74) is 6.51. The predicted octanol–water partition coefficient (Wildman–Crippen LogP) is 8.46. The van der Waals surface area contributed by atoms with Crippen molar-refractivity contribution in [1.82, 2.24) is 4.90 Å². The summed E-state index contributed by atoms with van der Waals surface area (Å²) in [5.74, 6) is -0.446. The zero-order valence-electron chi connectivity index (χ0n) is 28.3. The fourth-order valence-corrected chi connectivity index (χ4v) is 7.10. The van der Waals surface area contributed by atoms with Gasteiger partial charge in [0, 0.05) is 37.8 Å². The number of benzene rings is 4. The number of nitrogens with zero attached hydrogens (tertiary/aromatic N) is 1. The highest BCUT2D eigenvalue weighted by Gasteiger charge is 2.36. The summed E-state index contributed by atoms with van der Waals surface area (Å²) in [6.45, 7) is 7.48. The van der Waals surface area contributed by atoms with E-state index in [4.69, 9.17) is 4.74 Å². The normalized spacial score (nSPS) is 16.2. The molecule has 1 heterocycles. The van der Waals surface area contributed by atoms with Crippen LogP contribution in [0.15, 0.2) is 103 Å². The Bertz CT molecular complexity index is 1630. The summed E-state index contributed by atoms with van der Waals surface area (Å²) >= 11 is 0. The molecule has 0 aliphatic carbocycles. The van der Waals surface area contributed by atoms with Crippen molar-refractivity contribution in [1.29, 1.82) is 0 Å². The Balaban J connectivity index is 1.35. The van der Waals surface area contributed by atoms with Crippen molar-refractivity contribution in [3.8, 4) is 0 Å². The van der Waals surface area contributed by atoms with Crippen LogP contribution in [-0.4, -0.2) is 48.1 Å². The summed E-state index contributed by atoms with van der Waals surface area (Å²) < 4.78 is 5.76. The summed E-state index contributed by atoms with van der Waals surface area (Å²) in [6, 6.07) is 34.1. The highest BCUT2D eigenvalue weighted by atomic mass is 16.5. The first-order valence-corrected chi connectivity index (χ1v) is 17.0. The molecule has 1 amide bonds. The van der Waals surface area contributed by atoms with Gasteiger partial charge >= 0.3 is 0 Å². The molecule has 0 unspecified atom stereocenters. The van der Waals surface area contributed by atoms with Crippen molar-refractivity contribution < 1.29 is 19.4 Å². The van der Waals surface area contributed by atoms with E-state index in [-0.39, 0.29) is 35.5 Å². The third-order valence-corrected chi connectivity index (χ3v) is 10.2. The van der Waals surface area contributed by atoms with Gasteiger partial charge in [-0.3, -0.25) is 9.59 Å². The molecule has 3 atom stereocenters. The summed E-state index contributed by atoms with van der Waals surface area (Å²) in [6.07, 6.45) is 3.40. The van der Waals surface area contributed by atoms with Crippen molar-refractivity contribution in [3.63, 3.8) is 0 Å². The van der Waals surface area contributed by atoms with Gasteiger partial charge in [0.15, 0.2) is 5.78 Å². The summed E-state index contributed by atoms with van der Waals surface area (Å²) in [7, 11) is 1.80. The molecule has 0 saturated carbocycles. The maximum absolute atomic E-state index is 14.0. The number of carbonyl (C=O) groups is 2. The molecule has 0 aromatic heterocycles. The number of aliphatic hydroxyl groups is 1. The van der Waals surface area contributed by atoms with Crippen LogP contribution in [0.3, 0.4) is 0 Å². The van der Waals surface area contributed by atoms with E-state index in [2.05, 4.69) is 43.3 Å². The number of aliphatic hydroxyl groups excluding tert-OH is 1. The van der Waals surface area contributed by atoms with E-state index in [0.717, 1.165) is 36.0 Å².